The maximum atomic E-state index is 14.0. The molecule has 6 heteroatoms. The van der Waals surface area contributed by atoms with E-state index < -0.39 is 0 Å². The van der Waals surface area contributed by atoms with Gasteiger partial charge in [-0.3, -0.25) is 0 Å². The first-order chi connectivity index (χ1) is 8.27. The van der Waals surface area contributed by atoms with Crippen LogP contribution in [0.3, 0.4) is 0 Å². The van der Waals surface area contributed by atoms with E-state index in [-0.39, 0.29) is 12.4 Å². The van der Waals surface area contributed by atoms with Crippen LogP contribution in [-0.4, -0.2) is 21.3 Å². The smallest absolute Gasteiger partial charge is 0.149 e. The van der Waals surface area contributed by atoms with Gasteiger partial charge in [0.2, 0.25) is 0 Å². The Balaban J connectivity index is 2.48. The molecular formula is C11H9FIN2OP. The standard InChI is InChI=1S/C11H9FIN2OP/c12-11-8(3-1-2-6-16)4-5-10-9(11)7-14-15(10)17-13/h4-5,7,16-17H,2,6H2. The second kappa shape index (κ2) is 5.76. The van der Waals surface area contributed by atoms with E-state index >= 15 is 0 Å². The Hall–Kier alpha value is -0.700. The molecule has 1 aromatic carbocycles. The average Bonchev–Trinajstić information content (AvgIpc) is 2.76. The van der Waals surface area contributed by atoms with Crippen molar-refractivity contribution in [1.82, 2.24) is 9.55 Å². The SMILES string of the molecule is OCCC#Cc1ccc2c(cnn2PI)c1F. The van der Waals surface area contributed by atoms with Gasteiger partial charge in [-0.05, 0) is 34.2 Å². The summed E-state index contributed by atoms with van der Waals surface area (Å²) in [5.74, 6) is 5.08. The van der Waals surface area contributed by atoms with Gasteiger partial charge in [0.1, 0.15) is 5.82 Å². The Morgan fingerprint density at radius 3 is 3.06 bits per heavy atom. The fourth-order valence-electron chi connectivity index (χ4n) is 1.45. The monoisotopic (exact) mass is 362 g/mol. The summed E-state index contributed by atoms with van der Waals surface area (Å²) >= 11 is 2.20. The molecule has 0 aliphatic carbocycles. The number of hydrogen-bond acceptors (Lipinski definition) is 2. The largest absolute Gasteiger partial charge is 0.395 e. The molecule has 1 aromatic heterocycles. The number of aliphatic hydroxyl groups is 1. The van der Waals surface area contributed by atoms with Gasteiger partial charge in [-0.15, -0.1) is 0 Å². The van der Waals surface area contributed by atoms with Crippen LogP contribution in [0.25, 0.3) is 10.9 Å². The van der Waals surface area contributed by atoms with E-state index in [0.29, 0.717) is 23.7 Å². The molecule has 0 aliphatic rings. The number of hydrogen-bond donors (Lipinski definition) is 1. The number of rotatable bonds is 2. The summed E-state index contributed by atoms with van der Waals surface area (Å²) < 4.78 is 15.8. The second-order valence-electron chi connectivity index (χ2n) is 3.28. The number of aromatic nitrogens is 2. The Kier molecular flexibility index (Phi) is 4.32. The van der Waals surface area contributed by atoms with Crippen molar-refractivity contribution in [2.45, 2.75) is 6.42 Å². The fraction of sp³-hybridized carbons (Fsp3) is 0.182. The minimum atomic E-state index is -0.339. The molecule has 0 aliphatic heterocycles. The number of fused-ring (bicyclic) bond motifs is 1. The van der Waals surface area contributed by atoms with E-state index in [2.05, 4.69) is 39.0 Å². The first-order valence-electron chi connectivity index (χ1n) is 4.90. The van der Waals surface area contributed by atoms with Crippen LogP contribution in [0.2, 0.25) is 0 Å². The fourth-order valence-corrected chi connectivity index (χ4v) is 2.99. The van der Waals surface area contributed by atoms with Gasteiger partial charge in [0.05, 0.1) is 35.6 Å². The third-order valence-corrected chi connectivity index (χ3v) is 4.11. The predicted molar refractivity (Wildman–Crippen MR) is 76.0 cm³/mol. The van der Waals surface area contributed by atoms with Gasteiger partial charge in [0.15, 0.2) is 0 Å². The molecule has 0 radical (unpaired) electrons. The molecule has 0 saturated carbocycles. The molecule has 1 unspecified atom stereocenters. The quantitative estimate of drug-likeness (QED) is 0.507. The molecule has 0 bridgehead atoms. The minimum Gasteiger partial charge on any atom is -0.395 e. The third kappa shape index (κ3) is 2.59. The molecule has 0 saturated heterocycles. The Morgan fingerprint density at radius 2 is 2.35 bits per heavy atom. The lowest BCUT2D eigenvalue weighted by Crippen LogP contribution is -1.87. The maximum Gasteiger partial charge on any atom is 0.149 e. The normalized spacial score (nSPS) is 11.0. The van der Waals surface area contributed by atoms with Crippen LogP contribution in [0.5, 0.6) is 0 Å². The van der Waals surface area contributed by atoms with Crippen molar-refractivity contribution in [3.63, 3.8) is 0 Å². The molecule has 1 atom stereocenters. The van der Waals surface area contributed by atoms with Gasteiger partial charge in [-0.1, -0.05) is 11.8 Å². The molecule has 1 N–H and O–H groups in total. The van der Waals surface area contributed by atoms with Crippen molar-refractivity contribution < 1.29 is 9.50 Å². The molecule has 3 nitrogen and oxygen atoms in total. The minimum absolute atomic E-state index is 0.00918. The lowest BCUT2D eigenvalue weighted by Gasteiger charge is -1.99. The average molecular weight is 362 g/mol. The summed E-state index contributed by atoms with van der Waals surface area (Å²) in [5.41, 5.74) is 1.13. The van der Waals surface area contributed by atoms with Crippen molar-refractivity contribution in [2.75, 3.05) is 6.61 Å². The summed E-state index contributed by atoms with van der Waals surface area (Å²) in [7, 11) is 0. The van der Waals surface area contributed by atoms with E-state index in [1.807, 2.05) is 6.07 Å². The van der Waals surface area contributed by atoms with E-state index in [1.165, 1.54) is 6.20 Å². The zero-order valence-corrected chi connectivity index (χ0v) is 11.9. The van der Waals surface area contributed by atoms with Gasteiger partial charge in [0.25, 0.3) is 0 Å². The van der Waals surface area contributed by atoms with E-state index in [1.54, 1.807) is 10.5 Å². The van der Waals surface area contributed by atoms with Crippen LogP contribution >= 0.6 is 28.4 Å². The molecule has 2 rings (SSSR count). The molecule has 2 aromatic rings. The van der Waals surface area contributed by atoms with Crippen molar-refractivity contribution in [3.8, 4) is 11.8 Å². The molecule has 0 amide bonds. The van der Waals surface area contributed by atoms with Crippen molar-refractivity contribution in [3.05, 3.63) is 29.7 Å². The van der Waals surface area contributed by atoms with Crippen molar-refractivity contribution >= 4 is 39.3 Å². The summed E-state index contributed by atoms with van der Waals surface area (Å²) in [6, 6.07) is 3.47. The first-order valence-corrected chi connectivity index (χ1v) is 8.96. The van der Waals surface area contributed by atoms with Crippen LogP contribution < -0.4 is 0 Å². The number of halogens is 2. The number of benzene rings is 1. The molecule has 17 heavy (non-hydrogen) atoms. The van der Waals surface area contributed by atoms with Crippen molar-refractivity contribution in [2.24, 2.45) is 0 Å². The van der Waals surface area contributed by atoms with E-state index in [9.17, 15) is 4.39 Å². The highest BCUT2D eigenvalue weighted by atomic mass is 127. The summed E-state index contributed by atoms with van der Waals surface area (Å²) in [6.07, 6.45) is 2.32. The van der Waals surface area contributed by atoms with Gasteiger partial charge in [-0.2, -0.15) is 5.10 Å². The van der Waals surface area contributed by atoms with E-state index in [4.69, 9.17) is 5.11 Å². The van der Waals surface area contributed by atoms with Gasteiger partial charge < -0.3 is 5.11 Å². The highest BCUT2D eigenvalue weighted by Crippen LogP contribution is 2.29. The van der Waals surface area contributed by atoms with Crippen LogP contribution in [0, 0.1) is 17.7 Å². The van der Waals surface area contributed by atoms with Crippen LogP contribution in [0.15, 0.2) is 18.3 Å². The third-order valence-electron chi connectivity index (χ3n) is 2.23. The van der Waals surface area contributed by atoms with Crippen molar-refractivity contribution in [1.29, 1.82) is 0 Å². The molecule has 1 heterocycles. The molecular weight excluding hydrogens is 353 g/mol. The Labute approximate surface area is 113 Å². The summed E-state index contributed by atoms with van der Waals surface area (Å²) in [5, 5.41) is 13.2. The molecule has 88 valence electrons. The lowest BCUT2D eigenvalue weighted by atomic mass is 10.1. The van der Waals surface area contributed by atoms with Gasteiger partial charge >= 0.3 is 0 Å². The lowest BCUT2D eigenvalue weighted by molar-refractivity contribution is 0.305. The van der Waals surface area contributed by atoms with Gasteiger partial charge in [-0.25, -0.2) is 8.84 Å². The summed E-state index contributed by atoms with van der Waals surface area (Å²) in [6.45, 7) is -0.00918. The highest BCUT2D eigenvalue weighted by Gasteiger charge is 2.09. The molecule has 0 spiro atoms. The summed E-state index contributed by atoms with van der Waals surface area (Å²) in [4.78, 5) is 0. The van der Waals surface area contributed by atoms with Crippen LogP contribution in [-0.2, 0) is 0 Å². The van der Waals surface area contributed by atoms with Crippen LogP contribution in [0.4, 0.5) is 4.39 Å². The zero-order chi connectivity index (χ0) is 12.3. The topological polar surface area (TPSA) is 38.1 Å². The Bertz CT molecular complexity index is 603. The highest BCUT2D eigenvalue weighted by molar-refractivity contribution is 14.2. The van der Waals surface area contributed by atoms with Crippen LogP contribution in [0.1, 0.15) is 12.0 Å². The number of aliphatic hydroxyl groups excluding tert-OH is 1. The number of nitrogens with zero attached hydrogens (tertiary/aromatic N) is 2. The second-order valence-corrected chi connectivity index (χ2v) is 5.32. The first kappa shape index (κ1) is 12.7. The Morgan fingerprint density at radius 1 is 1.53 bits per heavy atom. The molecule has 0 fully saturated rings. The zero-order valence-electron chi connectivity index (χ0n) is 8.74. The maximum absolute atomic E-state index is 14.0. The predicted octanol–water partition coefficient (Wildman–Crippen LogP) is 2.70. The van der Waals surface area contributed by atoms with Gasteiger partial charge in [0, 0.05) is 6.42 Å². The van der Waals surface area contributed by atoms with E-state index in [0.717, 1.165) is 5.52 Å².